The van der Waals surface area contributed by atoms with Gasteiger partial charge in [0, 0.05) is 18.2 Å². The minimum Gasteiger partial charge on any atom is -0.481 e. The molecule has 0 aliphatic rings. The van der Waals surface area contributed by atoms with E-state index in [1.165, 1.54) is 0 Å². The van der Waals surface area contributed by atoms with Crippen molar-refractivity contribution in [3.63, 3.8) is 0 Å². The Hall–Kier alpha value is -3.52. The number of carbonyl (C=O) groups excluding carboxylic acids is 1. The van der Waals surface area contributed by atoms with E-state index in [4.69, 9.17) is 15.7 Å². The maximum Gasteiger partial charge on any atom is 0.289 e. The lowest BCUT2D eigenvalue weighted by atomic mass is 10.1. The minimum atomic E-state index is -0.283. The summed E-state index contributed by atoms with van der Waals surface area (Å²) in [6, 6.07) is 17.1. The van der Waals surface area contributed by atoms with Crippen LogP contribution in [0.2, 0.25) is 0 Å². The summed E-state index contributed by atoms with van der Waals surface area (Å²) in [5, 5.41) is 6.81. The highest BCUT2D eigenvalue weighted by molar-refractivity contribution is 5.92. The Morgan fingerprint density at radius 1 is 1.19 bits per heavy atom. The van der Waals surface area contributed by atoms with Crippen LogP contribution in [-0.4, -0.2) is 24.2 Å². The molecule has 1 heterocycles. The first-order chi connectivity index (χ1) is 13.2. The summed E-state index contributed by atoms with van der Waals surface area (Å²) in [5.41, 5.74) is 3.80. The van der Waals surface area contributed by atoms with E-state index in [1.54, 1.807) is 6.07 Å². The minimum absolute atomic E-state index is 0.198. The molecule has 136 valence electrons. The van der Waals surface area contributed by atoms with E-state index in [0.29, 0.717) is 18.7 Å². The molecular weight excluding hydrogens is 340 g/mol. The lowest BCUT2D eigenvalue weighted by molar-refractivity contribution is 0.0917. The van der Waals surface area contributed by atoms with E-state index >= 15 is 0 Å². The van der Waals surface area contributed by atoms with Crippen molar-refractivity contribution in [3.05, 3.63) is 71.5 Å². The molecule has 2 aromatic carbocycles. The van der Waals surface area contributed by atoms with Crippen LogP contribution in [0.5, 0.6) is 5.75 Å². The maximum atomic E-state index is 12.2. The number of rotatable bonds is 7. The van der Waals surface area contributed by atoms with Gasteiger partial charge in [0.15, 0.2) is 0 Å². The molecule has 0 aliphatic carbocycles. The lowest BCUT2D eigenvalue weighted by Crippen LogP contribution is -2.25. The zero-order valence-corrected chi connectivity index (χ0v) is 15.1. The monoisotopic (exact) mass is 360 g/mol. The smallest absolute Gasteiger partial charge is 0.289 e. The van der Waals surface area contributed by atoms with Gasteiger partial charge >= 0.3 is 0 Å². The standard InChI is InChI=1S/C22H20N2O3/c1-3-14-26-19-10-6-17(7-11-19)12-13-23-22(25)21-15-20(24-27-21)18-8-4-16(2)5-9-18/h1,4-11,15H,12-14H2,2H3,(H,23,25). The highest BCUT2D eigenvalue weighted by Crippen LogP contribution is 2.19. The number of benzene rings is 2. The number of aryl methyl sites for hydroxylation is 1. The number of aromatic nitrogens is 1. The summed E-state index contributed by atoms with van der Waals surface area (Å²) < 4.78 is 10.5. The van der Waals surface area contributed by atoms with Crippen LogP contribution in [-0.2, 0) is 6.42 Å². The van der Waals surface area contributed by atoms with Gasteiger partial charge in [0.2, 0.25) is 5.76 Å². The van der Waals surface area contributed by atoms with Gasteiger partial charge in [-0.2, -0.15) is 0 Å². The molecule has 0 spiro atoms. The summed E-state index contributed by atoms with van der Waals surface area (Å²) in [6.07, 6.45) is 5.86. The molecule has 0 saturated heterocycles. The van der Waals surface area contributed by atoms with Gasteiger partial charge in [0.05, 0.1) is 0 Å². The van der Waals surface area contributed by atoms with E-state index in [2.05, 4.69) is 16.4 Å². The molecule has 27 heavy (non-hydrogen) atoms. The molecule has 0 atom stereocenters. The highest BCUT2D eigenvalue weighted by atomic mass is 16.5. The van der Waals surface area contributed by atoms with E-state index < -0.39 is 0 Å². The Morgan fingerprint density at radius 2 is 1.93 bits per heavy atom. The fourth-order valence-corrected chi connectivity index (χ4v) is 2.53. The third-order valence-electron chi connectivity index (χ3n) is 4.03. The van der Waals surface area contributed by atoms with Crippen molar-refractivity contribution in [2.45, 2.75) is 13.3 Å². The molecule has 0 radical (unpaired) electrons. The van der Waals surface area contributed by atoms with Crippen molar-refractivity contribution in [2.24, 2.45) is 0 Å². The molecule has 1 N–H and O–H groups in total. The van der Waals surface area contributed by atoms with Crippen molar-refractivity contribution in [1.82, 2.24) is 10.5 Å². The third kappa shape index (κ3) is 4.99. The van der Waals surface area contributed by atoms with Crippen LogP contribution in [0.3, 0.4) is 0 Å². The lowest BCUT2D eigenvalue weighted by Gasteiger charge is -2.05. The van der Waals surface area contributed by atoms with E-state index in [-0.39, 0.29) is 18.3 Å². The fraction of sp³-hybridized carbons (Fsp3) is 0.182. The van der Waals surface area contributed by atoms with Crippen molar-refractivity contribution in [3.8, 4) is 29.4 Å². The van der Waals surface area contributed by atoms with Crippen molar-refractivity contribution >= 4 is 5.91 Å². The third-order valence-corrected chi connectivity index (χ3v) is 4.03. The summed E-state index contributed by atoms with van der Waals surface area (Å²) in [7, 11) is 0. The molecule has 3 rings (SSSR count). The van der Waals surface area contributed by atoms with E-state index in [0.717, 1.165) is 22.4 Å². The van der Waals surface area contributed by atoms with Crippen LogP contribution in [0.15, 0.2) is 59.1 Å². The van der Waals surface area contributed by atoms with Crippen LogP contribution in [0.1, 0.15) is 21.7 Å². The zero-order chi connectivity index (χ0) is 19.1. The molecule has 0 aliphatic heterocycles. The summed E-state index contributed by atoms with van der Waals surface area (Å²) in [6.45, 7) is 2.75. The van der Waals surface area contributed by atoms with Gasteiger partial charge in [0.1, 0.15) is 18.1 Å². The van der Waals surface area contributed by atoms with Crippen LogP contribution in [0.25, 0.3) is 11.3 Å². The number of amides is 1. The molecule has 1 amide bonds. The van der Waals surface area contributed by atoms with Crippen LogP contribution in [0, 0.1) is 19.3 Å². The molecule has 5 nitrogen and oxygen atoms in total. The maximum absolute atomic E-state index is 12.2. The zero-order valence-electron chi connectivity index (χ0n) is 15.1. The van der Waals surface area contributed by atoms with Crippen molar-refractivity contribution < 1.29 is 14.1 Å². The summed E-state index contributed by atoms with van der Waals surface area (Å²) in [5.74, 6) is 3.07. The predicted octanol–water partition coefficient (Wildman–Crippen LogP) is 3.63. The summed E-state index contributed by atoms with van der Waals surface area (Å²) in [4.78, 5) is 12.2. The largest absolute Gasteiger partial charge is 0.481 e. The number of ether oxygens (including phenoxy) is 1. The fourth-order valence-electron chi connectivity index (χ4n) is 2.53. The van der Waals surface area contributed by atoms with Crippen molar-refractivity contribution in [1.29, 1.82) is 0 Å². The van der Waals surface area contributed by atoms with Gasteiger partial charge in [-0.1, -0.05) is 53.0 Å². The van der Waals surface area contributed by atoms with Crippen LogP contribution in [0.4, 0.5) is 0 Å². The first kappa shape index (κ1) is 18.3. The van der Waals surface area contributed by atoms with Gasteiger partial charge in [0.25, 0.3) is 5.91 Å². The van der Waals surface area contributed by atoms with Crippen molar-refractivity contribution in [2.75, 3.05) is 13.2 Å². The Kier molecular flexibility index (Phi) is 5.91. The van der Waals surface area contributed by atoms with E-state index in [1.807, 2.05) is 55.5 Å². The number of hydrogen-bond acceptors (Lipinski definition) is 4. The van der Waals surface area contributed by atoms with Gasteiger partial charge in [-0.25, -0.2) is 0 Å². The second kappa shape index (κ2) is 8.72. The molecule has 1 aromatic heterocycles. The van der Waals surface area contributed by atoms with Gasteiger partial charge < -0.3 is 14.6 Å². The number of hydrogen-bond donors (Lipinski definition) is 1. The molecular formula is C22H20N2O3. The number of carbonyl (C=O) groups is 1. The first-order valence-electron chi connectivity index (χ1n) is 8.63. The molecule has 0 fully saturated rings. The second-order valence-electron chi connectivity index (χ2n) is 6.09. The highest BCUT2D eigenvalue weighted by Gasteiger charge is 2.13. The first-order valence-corrected chi connectivity index (χ1v) is 8.63. The Balaban J connectivity index is 1.51. The molecule has 0 unspecified atom stereocenters. The molecule has 0 saturated carbocycles. The SMILES string of the molecule is C#CCOc1ccc(CCNC(=O)c2cc(-c3ccc(C)cc3)no2)cc1. The van der Waals surface area contributed by atoms with Gasteiger partial charge in [-0.05, 0) is 31.0 Å². The van der Waals surface area contributed by atoms with Crippen LogP contribution < -0.4 is 10.1 Å². The second-order valence-corrected chi connectivity index (χ2v) is 6.09. The Bertz CT molecular complexity index is 935. The average molecular weight is 360 g/mol. The van der Waals surface area contributed by atoms with Gasteiger partial charge in [-0.3, -0.25) is 4.79 Å². The summed E-state index contributed by atoms with van der Waals surface area (Å²) >= 11 is 0. The predicted molar refractivity (Wildman–Crippen MR) is 103 cm³/mol. The van der Waals surface area contributed by atoms with Gasteiger partial charge in [-0.15, -0.1) is 6.42 Å². The average Bonchev–Trinajstić information content (AvgIpc) is 3.18. The Labute approximate surface area is 158 Å². The van der Waals surface area contributed by atoms with Crippen LogP contribution >= 0.6 is 0 Å². The molecule has 3 aromatic rings. The Morgan fingerprint density at radius 3 is 2.63 bits per heavy atom. The molecule has 0 bridgehead atoms. The topological polar surface area (TPSA) is 64.4 Å². The quantitative estimate of drug-likeness (QED) is 0.654. The number of nitrogens with one attached hydrogen (secondary N) is 1. The normalized spacial score (nSPS) is 10.2. The van der Waals surface area contributed by atoms with E-state index in [9.17, 15) is 4.79 Å². The molecule has 5 heteroatoms. The number of terminal acetylenes is 1. The number of nitrogens with zero attached hydrogens (tertiary/aromatic N) is 1.